The number of aliphatic imine (C=N–C) groups is 1. The van der Waals surface area contributed by atoms with E-state index in [2.05, 4.69) is 25.8 Å². The number of hydrogen-bond acceptors (Lipinski definition) is 4. The van der Waals surface area contributed by atoms with Crippen LogP contribution in [-0.4, -0.2) is 39.5 Å². The third-order valence-electron chi connectivity index (χ3n) is 5.04. The quantitative estimate of drug-likeness (QED) is 0.527. The highest BCUT2D eigenvalue weighted by molar-refractivity contribution is 5.80. The van der Waals surface area contributed by atoms with E-state index >= 15 is 0 Å². The Morgan fingerprint density at radius 1 is 1.20 bits per heavy atom. The smallest absolute Gasteiger partial charge is 0.422 e. The van der Waals surface area contributed by atoms with Gasteiger partial charge < -0.3 is 19.9 Å². The molecule has 1 fully saturated rings. The van der Waals surface area contributed by atoms with Gasteiger partial charge in [0.15, 0.2) is 18.4 Å². The van der Waals surface area contributed by atoms with Crippen LogP contribution < -0.4 is 15.4 Å². The van der Waals surface area contributed by atoms with Crippen molar-refractivity contribution in [1.29, 1.82) is 0 Å². The molecule has 0 atom stereocenters. The largest absolute Gasteiger partial charge is 0.484 e. The van der Waals surface area contributed by atoms with Crippen molar-refractivity contribution in [2.75, 3.05) is 6.61 Å². The van der Waals surface area contributed by atoms with Crippen molar-refractivity contribution in [1.82, 2.24) is 25.4 Å². The van der Waals surface area contributed by atoms with E-state index in [4.69, 9.17) is 4.74 Å². The SMILES string of the molecule is Cc1nnc(CNC(=NCc2ccc(OCC(F)(F)F)cc2)NC2CCCC2)n1C. The van der Waals surface area contributed by atoms with E-state index in [9.17, 15) is 13.2 Å². The van der Waals surface area contributed by atoms with Crippen LogP contribution in [-0.2, 0) is 20.1 Å². The molecular formula is C20H27F3N6O. The molecule has 1 heterocycles. The van der Waals surface area contributed by atoms with Crippen molar-refractivity contribution in [3.63, 3.8) is 0 Å². The Kier molecular flexibility index (Phi) is 7.17. The molecule has 0 amide bonds. The van der Waals surface area contributed by atoms with Gasteiger partial charge in [0.05, 0.1) is 13.1 Å². The van der Waals surface area contributed by atoms with Crippen LogP contribution in [0.3, 0.4) is 0 Å². The summed E-state index contributed by atoms with van der Waals surface area (Å²) >= 11 is 0. The minimum Gasteiger partial charge on any atom is -0.484 e. The standard InChI is InChI=1S/C20H27F3N6O/c1-14-27-28-18(29(14)2)12-25-19(26-16-5-3-4-6-16)24-11-15-7-9-17(10-8-15)30-13-20(21,22)23/h7-10,16H,3-6,11-13H2,1-2H3,(H2,24,25,26). The molecule has 3 rings (SSSR count). The maximum absolute atomic E-state index is 12.3. The predicted octanol–water partition coefficient (Wildman–Crippen LogP) is 3.24. The molecule has 1 aromatic carbocycles. The van der Waals surface area contributed by atoms with Gasteiger partial charge >= 0.3 is 6.18 Å². The summed E-state index contributed by atoms with van der Waals surface area (Å²) in [4.78, 5) is 4.64. The summed E-state index contributed by atoms with van der Waals surface area (Å²) in [6.07, 6.45) is 0.264. The number of ether oxygens (including phenoxy) is 1. The second-order valence-corrected chi connectivity index (χ2v) is 7.41. The number of aryl methyl sites for hydroxylation is 1. The van der Waals surface area contributed by atoms with Gasteiger partial charge in [-0.05, 0) is 37.5 Å². The molecule has 1 aliphatic carbocycles. The molecule has 0 aliphatic heterocycles. The molecule has 0 unspecified atom stereocenters. The predicted molar refractivity (Wildman–Crippen MR) is 107 cm³/mol. The van der Waals surface area contributed by atoms with Gasteiger partial charge in [0, 0.05) is 13.1 Å². The highest BCUT2D eigenvalue weighted by Crippen LogP contribution is 2.19. The Hall–Kier alpha value is -2.78. The Balaban J connectivity index is 1.61. The number of nitrogens with one attached hydrogen (secondary N) is 2. The molecule has 0 radical (unpaired) electrons. The lowest BCUT2D eigenvalue weighted by molar-refractivity contribution is -0.153. The first-order valence-corrected chi connectivity index (χ1v) is 9.98. The van der Waals surface area contributed by atoms with Crippen LogP contribution in [0, 0.1) is 6.92 Å². The Morgan fingerprint density at radius 3 is 2.50 bits per heavy atom. The summed E-state index contributed by atoms with van der Waals surface area (Å²) < 4.78 is 43.4. The van der Waals surface area contributed by atoms with Gasteiger partial charge in [-0.2, -0.15) is 13.2 Å². The second kappa shape index (κ2) is 9.82. The van der Waals surface area contributed by atoms with E-state index in [1.807, 2.05) is 18.5 Å². The number of nitrogens with zero attached hydrogens (tertiary/aromatic N) is 4. The molecule has 1 saturated carbocycles. The van der Waals surface area contributed by atoms with Gasteiger partial charge in [0.2, 0.25) is 0 Å². The maximum atomic E-state index is 12.3. The maximum Gasteiger partial charge on any atom is 0.422 e. The Bertz CT molecular complexity index is 841. The van der Waals surface area contributed by atoms with Crippen LogP contribution >= 0.6 is 0 Å². The van der Waals surface area contributed by atoms with Crippen molar-refractivity contribution >= 4 is 5.96 Å². The minimum absolute atomic E-state index is 0.181. The highest BCUT2D eigenvalue weighted by atomic mass is 19.4. The topological polar surface area (TPSA) is 76.4 Å². The zero-order valence-electron chi connectivity index (χ0n) is 17.2. The minimum atomic E-state index is -4.35. The lowest BCUT2D eigenvalue weighted by Gasteiger charge is -2.17. The van der Waals surface area contributed by atoms with Crippen LogP contribution in [0.4, 0.5) is 13.2 Å². The van der Waals surface area contributed by atoms with E-state index in [0.29, 0.717) is 25.1 Å². The van der Waals surface area contributed by atoms with Crippen LogP contribution in [0.5, 0.6) is 5.75 Å². The van der Waals surface area contributed by atoms with Gasteiger partial charge in [-0.3, -0.25) is 0 Å². The molecule has 164 valence electrons. The monoisotopic (exact) mass is 424 g/mol. The average Bonchev–Trinajstić information content (AvgIpc) is 3.33. The van der Waals surface area contributed by atoms with Crippen LogP contribution in [0.2, 0.25) is 0 Å². The van der Waals surface area contributed by atoms with Gasteiger partial charge in [-0.1, -0.05) is 25.0 Å². The summed E-state index contributed by atoms with van der Waals surface area (Å²) in [6, 6.07) is 6.87. The number of benzene rings is 1. The molecule has 1 aliphatic rings. The number of guanidine groups is 1. The molecule has 2 N–H and O–H groups in total. The van der Waals surface area contributed by atoms with Crippen molar-refractivity contribution < 1.29 is 17.9 Å². The highest BCUT2D eigenvalue weighted by Gasteiger charge is 2.28. The number of alkyl halides is 3. The van der Waals surface area contributed by atoms with Gasteiger partial charge in [0.25, 0.3) is 0 Å². The van der Waals surface area contributed by atoms with E-state index < -0.39 is 12.8 Å². The van der Waals surface area contributed by atoms with Crippen LogP contribution in [0.15, 0.2) is 29.3 Å². The van der Waals surface area contributed by atoms with Crippen molar-refractivity contribution in [2.24, 2.45) is 12.0 Å². The summed E-state index contributed by atoms with van der Waals surface area (Å²) in [5.74, 6) is 2.50. The van der Waals surface area contributed by atoms with E-state index in [0.717, 1.165) is 30.1 Å². The number of aromatic nitrogens is 3. The first kappa shape index (κ1) is 21.9. The summed E-state index contributed by atoms with van der Waals surface area (Å²) in [6.45, 7) is 1.47. The van der Waals surface area contributed by atoms with Gasteiger partial charge in [0.1, 0.15) is 11.6 Å². The molecule has 7 nitrogen and oxygen atoms in total. The first-order valence-electron chi connectivity index (χ1n) is 9.98. The zero-order chi connectivity index (χ0) is 21.6. The molecule has 2 aromatic rings. The molecule has 1 aromatic heterocycles. The van der Waals surface area contributed by atoms with Crippen LogP contribution in [0.25, 0.3) is 0 Å². The van der Waals surface area contributed by atoms with Crippen molar-refractivity contribution in [3.8, 4) is 5.75 Å². The number of hydrogen-bond donors (Lipinski definition) is 2. The second-order valence-electron chi connectivity index (χ2n) is 7.41. The van der Waals surface area contributed by atoms with Gasteiger partial charge in [-0.25, -0.2) is 4.99 Å². The summed E-state index contributed by atoms with van der Waals surface area (Å²) in [7, 11) is 1.91. The first-order chi connectivity index (χ1) is 14.3. The molecular weight excluding hydrogens is 397 g/mol. The molecule has 0 bridgehead atoms. The molecule has 0 saturated heterocycles. The normalized spacial score (nSPS) is 15.4. The van der Waals surface area contributed by atoms with Crippen molar-refractivity contribution in [3.05, 3.63) is 41.5 Å². The Morgan fingerprint density at radius 2 is 1.90 bits per heavy atom. The molecule has 10 heteroatoms. The van der Waals surface area contributed by atoms with E-state index in [-0.39, 0.29) is 5.75 Å². The van der Waals surface area contributed by atoms with Crippen LogP contribution in [0.1, 0.15) is 42.9 Å². The van der Waals surface area contributed by atoms with E-state index in [1.54, 1.807) is 12.1 Å². The van der Waals surface area contributed by atoms with Gasteiger partial charge in [-0.15, -0.1) is 10.2 Å². The summed E-state index contributed by atoms with van der Waals surface area (Å²) in [5, 5.41) is 15.0. The molecule has 0 spiro atoms. The fraction of sp³-hybridized carbons (Fsp3) is 0.550. The zero-order valence-corrected chi connectivity index (χ0v) is 17.2. The lowest BCUT2D eigenvalue weighted by Crippen LogP contribution is -2.42. The Labute approximate surface area is 173 Å². The van der Waals surface area contributed by atoms with Crippen molar-refractivity contribution in [2.45, 2.75) is 57.9 Å². The fourth-order valence-corrected chi connectivity index (χ4v) is 3.21. The summed E-state index contributed by atoms with van der Waals surface area (Å²) in [5.41, 5.74) is 0.872. The lowest BCUT2D eigenvalue weighted by atomic mass is 10.2. The van der Waals surface area contributed by atoms with E-state index in [1.165, 1.54) is 25.0 Å². The average molecular weight is 424 g/mol. The third kappa shape index (κ3) is 6.64. The molecule has 30 heavy (non-hydrogen) atoms. The number of halogens is 3. The number of rotatable bonds is 7. The third-order valence-corrected chi connectivity index (χ3v) is 5.04. The fourth-order valence-electron chi connectivity index (χ4n) is 3.21.